The molecule has 0 saturated carbocycles. The molecule has 2 aromatic rings. The molecule has 0 bridgehead atoms. The van der Waals surface area contributed by atoms with Gasteiger partial charge in [-0.2, -0.15) is 0 Å². The van der Waals surface area contributed by atoms with Crippen LogP contribution in [0.3, 0.4) is 0 Å². The molecule has 110 valence electrons. The van der Waals surface area contributed by atoms with Crippen molar-refractivity contribution < 1.29 is 4.74 Å². The SMILES string of the molecule is C=Cc1cc(C(C)(C)C)nc(Br)c1OCc1ccccc1. The first-order valence-corrected chi connectivity index (χ1v) is 7.71. The minimum Gasteiger partial charge on any atom is -0.485 e. The number of pyridine rings is 1. The van der Waals surface area contributed by atoms with E-state index in [0.29, 0.717) is 6.61 Å². The largest absolute Gasteiger partial charge is 0.485 e. The van der Waals surface area contributed by atoms with E-state index in [1.54, 1.807) is 0 Å². The molecule has 3 heteroatoms. The van der Waals surface area contributed by atoms with E-state index < -0.39 is 0 Å². The smallest absolute Gasteiger partial charge is 0.159 e. The zero-order valence-corrected chi connectivity index (χ0v) is 14.3. The van der Waals surface area contributed by atoms with Gasteiger partial charge in [-0.3, -0.25) is 0 Å². The molecule has 2 nitrogen and oxygen atoms in total. The molecule has 1 aromatic carbocycles. The van der Waals surface area contributed by atoms with Gasteiger partial charge < -0.3 is 4.74 Å². The van der Waals surface area contributed by atoms with Gasteiger partial charge >= 0.3 is 0 Å². The van der Waals surface area contributed by atoms with Crippen LogP contribution in [0.4, 0.5) is 0 Å². The number of aromatic nitrogens is 1. The summed E-state index contributed by atoms with van der Waals surface area (Å²) >= 11 is 3.52. The quantitative estimate of drug-likeness (QED) is 0.695. The number of rotatable bonds is 4. The molecule has 2 rings (SSSR count). The Kier molecular flexibility index (Phi) is 4.84. The molecule has 0 aliphatic carbocycles. The lowest BCUT2D eigenvalue weighted by Gasteiger charge is -2.20. The summed E-state index contributed by atoms with van der Waals surface area (Å²) in [7, 11) is 0. The third-order valence-corrected chi connectivity index (χ3v) is 3.71. The first-order valence-electron chi connectivity index (χ1n) is 6.92. The lowest BCUT2D eigenvalue weighted by Crippen LogP contribution is -2.14. The Bertz CT molecular complexity index is 630. The van der Waals surface area contributed by atoms with Crippen LogP contribution >= 0.6 is 15.9 Å². The molecular weight excluding hydrogens is 326 g/mol. The second kappa shape index (κ2) is 6.44. The van der Waals surface area contributed by atoms with Crippen molar-refractivity contribution in [2.24, 2.45) is 0 Å². The van der Waals surface area contributed by atoms with Crippen molar-refractivity contribution in [1.82, 2.24) is 4.98 Å². The molecule has 0 unspecified atom stereocenters. The minimum atomic E-state index is -0.0156. The number of hydrogen-bond donors (Lipinski definition) is 0. The van der Waals surface area contributed by atoms with Crippen molar-refractivity contribution >= 4 is 22.0 Å². The molecule has 21 heavy (non-hydrogen) atoms. The average molecular weight is 346 g/mol. The third kappa shape index (κ3) is 3.94. The van der Waals surface area contributed by atoms with Crippen LogP contribution < -0.4 is 4.74 Å². The van der Waals surface area contributed by atoms with Crippen molar-refractivity contribution in [3.05, 3.63) is 64.4 Å². The Hall–Kier alpha value is -1.61. The van der Waals surface area contributed by atoms with Crippen molar-refractivity contribution in [2.45, 2.75) is 32.8 Å². The Morgan fingerprint density at radius 2 is 1.90 bits per heavy atom. The van der Waals surface area contributed by atoms with E-state index in [2.05, 4.69) is 48.3 Å². The van der Waals surface area contributed by atoms with E-state index in [9.17, 15) is 0 Å². The van der Waals surface area contributed by atoms with Crippen LogP contribution in [0.2, 0.25) is 0 Å². The van der Waals surface area contributed by atoms with E-state index >= 15 is 0 Å². The summed E-state index contributed by atoms with van der Waals surface area (Å²) in [5, 5.41) is 0. The fraction of sp³-hybridized carbons (Fsp3) is 0.278. The molecule has 0 aliphatic heterocycles. The summed E-state index contributed by atoms with van der Waals surface area (Å²) in [6.45, 7) is 10.8. The normalized spacial score (nSPS) is 11.2. The first kappa shape index (κ1) is 15.8. The van der Waals surface area contributed by atoms with Crippen molar-refractivity contribution in [1.29, 1.82) is 0 Å². The fourth-order valence-corrected chi connectivity index (χ4v) is 2.46. The van der Waals surface area contributed by atoms with Gasteiger partial charge in [0.15, 0.2) is 5.75 Å². The topological polar surface area (TPSA) is 22.1 Å². The van der Waals surface area contributed by atoms with Crippen molar-refractivity contribution in [3.8, 4) is 5.75 Å². The second-order valence-electron chi connectivity index (χ2n) is 5.95. The summed E-state index contributed by atoms with van der Waals surface area (Å²) in [6.07, 6.45) is 1.81. The van der Waals surface area contributed by atoms with Crippen LogP contribution in [-0.2, 0) is 12.0 Å². The average Bonchev–Trinajstić information content (AvgIpc) is 2.45. The molecule has 0 spiro atoms. The van der Waals surface area contributed by atoms with Gasteiger partial charge in [0.2, 0.25) is 0 Å². The second-order valence-corrected chi connectivity index (χ2v) is 6.70. The summed E-state index contributed by atoms with van der Waals surface area (Å²) in [4.78, 5) is 4.61. The molecular formula is C18H20BrNO. The van der Waals surface area contributed by atoms with E-state index in [1.807, 2.05) is 42.5 Å². The van der Waals surface area contributed by atoms with Gasteiger partial charge in [-0.15, -0.1) is 0 Å². The maximum Gasteiger partial charge on any atom is 0.159 e. The highest BCUT2D eigenvalue weighted by atomic mass is 79.9. The molecule has 0 radical (unpaired) electrons. The Morgan fingerprint density at radius 3 is 2.48 bits per heavy atom. The summed E-state index contributed by atoms with van der Waals surface area (Å²) in [5.41, 5.74) is 3.08. The minimum absolute atomic E-state index is 0.0156. The van der Waals surface area contributed by atoms with Crippen LogP contribution in [0.5, 0.6) is 5.75 Å². The Balaban J connectivity index is 2.29. The molecule has 0 aliphatic rings. The number of halogens is 1. The van der Waals surface area contributed by atoms with Gasteiger partial charge in [0.25, 0.3) is 0 Å². The van der Waals surface area contributed by atoms with Gasteiger partial charge in [0, 0.05) is 16.7 Å². The van der Waals surface area contributed by atoms with Gasteiger partial charge in [-0.1, -0.05) is 63.8 Å². The van der Waals surface area contributed by atoms with Crippen LogP contribution in [0, 0.1) is 0 Å². The molecule has 1 aromatic heterocycles. The zero-order valence-electron chi connectivity index (χ0n) is 12.7. The van der Waals surface area contributed by atoms with Crippen LogP contribution in [0.1, 0.15) is 37.6 Å². The maximum atomic E-state index is 5.93. The van der Waals surface area contributed by atoms with Crippen molar-refractivity contribution in [2.75, 3.05) is 0 Å². The first-order chi connectivity index (χ1) is 9.91. The van der Waals surface area contributed by atoms with E-state index in [1.165, 1.54) is 0 Å². The van der Waals surface area contributed by atoms with E-state index in [-0.39, 0.29) is 5.41 Å². The van der Waals surface area contributed by atoms with Crippen LogP contribution in [0.15, 0.2) is 47.6 Å². The molecule has 0 amide bonds. The lowest BCUT2D eigenvalue weighted by molar-refractivity contribution is 0.301. The van der Waals surface area contributed by atoms with Gasteiger partial charge in [-0.25, -0.2) is 4.98 Å². The monoisotopic (exact) mass is 345 g/mol. The fourth-order valence-electron chi connectivity index (χ4n) is 1.93. The maximum absolute atomic E-state index is 5.93. The van der Waals surface area contributed by atoms with Gasteiger partial charge in [-0.05, 0) is 27.6 Å². The highest BCUT2D eigenvalue weighted by molar-refractivity contribution is 9.10. The van der Waals surface area contributed by atoms with Crippen LogP contribution in [0.25, 0.3) is 6.08 Å². The Labute approximate surface area is 135 Å². The highest BCUT2D eigenvalue weighted by Gasteiger charge is 2.19. The van der Waals surface area contributed by atoms with Crippen LogP contribution in [-0.4, -0.2) is 4.98 Å². The molecule has 0 saturated heterocycles. The predicted octanol–water partition coefficient (Wildman–Crippen LogP) is 5.36. The van der Waals surface area contributed by atoms with Crippen molar-refractivity contribution in [3.63, 3.8) is 0 Å². The number of ether oxygens (including phenoxy) is 1. The lowest BCUT2D eigenvalue weighted by atomic mass is 9.91. The van der Waals surface area contributed by atoms with Gasteiger partial charge in [0.1, 0.15) is 11.2 Å². The molecule has 0 atom stereocenters. The van der Waals surface area contributed by atoms with E-state index in [4.69, 9.17) is 4.74 Å². The molecule has 0 N–H and O–H groups in total. The van der Waals surface area contributed by atoms with E-state index in [0.717, 1.165) is 27.2 Å². The molecule has 1 heterocycles. The Morgan fingerprint density at radius 1 is 1.24 bits per heavy atom. The standard InChI is InChI=1S/C18H20BrNO/c1-5-14-11-15(18(2,3)4)20-17(19)16(14)21-12-13-9-7-6-8-10-13/h5-11H,1,12H2,2-4H3. The summed E-state index contributed by atoms with van der Waals surface area (Å²) < 4.78 is 6.65. The molecule has 0 fully saturated rings. The number of hydrogen-bond acceptors (Lipinski definition) is 2. The number of benzene rings is 1. The highest BCUT2D eigenvalue weighted by Crippen LogP contribution is 2.33. The predicted molar refractivity (Wildman–Crippen MR) is 91.5 cm³/mol. The number of nitrogens with zero attached hydrogens (tertiary/aromatic N) is 1. The summed E-state index contributed by atoms with van der Waals surface area (Å²) in [6, 6.07) is 12.1. The summed E-state index contributed by atoms with van der Waals surface area (Å²) in [5.74, 6) is 0.738. The van der Waals surface area contributed by atoms with Gasteiger partial charge in [0.05, 0.1) is 0 Å². The third-order valence-electron chi connectivity index (χ3n) is 3.17. The zero-order chi connectivity index (χ0) is 15.5.